The molecule has 1 aliphatic rings. The summed E-state index contributed by atoms with van der Waals surface area (Å²) in [6.07, 6.45) is 0.103. The van der Waals surface area contributed by atoms with Crippen molar-refractivity contribution in [3.05, 3.63) is 101 Å². The Kier molecular flexibility index (Phi) is 8.26. The fourth-order valence-electron chi connectivity index (χ4n) is 4.33. The highest BCUT2D eigenvalue weighted by Gasteiger charge is 2.46. The minimum absolute atomic E-state index is 0.00708. The highest BCUT2D eigenvalue weighted by atomic mass is 16.5. The number of esters is 1. The standard InChI is InChI=1S/C31H31NO6/c1-4-37-26(33)18-21-10-14-24(15-11-21)32-28(22-8-6-5-7-9-22)27(30(35)31(32)36)29(34)23-12-16-25(17-13-23)38-19-20(2)3/h5-17,20,28,34H,4,18-19H2,1-3H3/b29-27+. The van der Waals surface area contributed by atoms with Gasteiger partial charge in [0, 0.05) is 11.3 Å². The molecule has 1 atom stereocenters. The maximum atomic E-state index is 13.3. The van der Waals surface area contributed by atoms with E-state index in [-0.39, 0.29) is 23.7 Å². The summed E-state index contributed by atoms with van der Waals surface area (Å²) in [7, 11) is 0. The summed E-state index contributed by atoms with van der Waals surface area (Å²) in [6, 6.07) is 21.9. The smallest absolute Gasteiger partial charge is 0.310 e. The molecule has 1 amide bonds. The molecule has 38 heavy (non-hydrogen) atoms. The fourth-order valence-corrected chi connectivity index (χ4v) is 4.33. The van der Waals surface area contributed by atoms with Crippen LogP contribution in [0.15, 0.2) is 84.4 Å². The first kappa shape index (κ1) is 26.7. The number of Topliss-reactive ketones (excluding diaryl/α,β-unsaturated/α-hetero) is 1. The van der Waals surface area contributed by atoms with Crippen molar-refractivity contribution >= 4 is 29.1 Å². The quantitative estimate of drug-likeness (QED) is 0.177. The largest absolute Gasteiger partial charge is 0.507 e. The van der Waals surface area contributed by atoms with Gasteiger partial charge in [-0.3, -0.25) is 19.3 Å². The van der Waals surface area contributed by atoms with Crippen LogP contribution in [0.25, 0.3) is 5.76 Å². The van der Waals surface area contributed by atoms with E-state index < -0.39 is 17.7 Å². The Balaban J connectivity index is 1.72. The summed E-state index contributed by atoms with van der Waals surface area (Å²) in [4.78, 5) is 39.9. The number of hydrogen-bond acceptors (Lipinski definition) is 6. The van der Waals surface area contributed by atoms with Crippen molar-refractivity contribution < 1.29 is 29.0 Å². The number of ketones is 1. The summed E-state index contributed by atoms with van der Waals surface area (Å²) in [6.45, 7) is 6.71. The number of rotatable bonds is 9. The van der Waals surface area contributed by atoms with Crippen molar-refractivity contribution in [2.75, 3.05) is 18.1 Å². The number of aliphatic hydroxyl groups is 1. The molecule has 0 aliphatic carbocycles. The highest BCUT2D eigenvalue weighted by Crippen LogP contribution is 2.42. The van der Waals surface area contributed by atoms with E-state index in [0.717, 1.165) is 5.56 Å². The topological polar surface area (TPSA) is 93.1 Å². The van der Waals surface area contributed by atoms with Crippen LogP contribution in [0.3, 0.4) is 0 Å². The molecule has 7 nitrogen and oxygen atoms in total. The Morgan fingerprint density at radius 3 is 2.21 bits per heavy atom. The predicted molar refractivity (Wildman–Crippen MR) is 145 cm³/mol. The first-order chi connectivity index (χ1) is 18.3. The lowest BCUT2D eigenvalue weighted by Gasteiger charge is -2.25. The SMILES string of the molecule is CCOC(=O)Cc1ccc(N2C(=O)C(=O)/C(=C(/O)c3ccc(OCC(C)C)cc3)C2c2ccccc2)cc1. The molecular weight excluding hydrogens is 482 g/mol. The molecule has 0 saturated carbocycles. The van der Waals surface area contributed by atoms with Crippen molar-refractivity contribution in [2.24, 2.45) is 5.92 Å². The normalized spacial score (nSPS) is 16.6. The average Bonchev–Trinajstić information content (AvgIpc) is 3.18. The number of carbonyl (C=O) groups is 3. The van der Waals surface area contributed by atoms with E-state index in [2.05, 4.69) is 13.8 Å². The third kappa shape index (κ3) is 5.78. The molecule has 0 bridgehead atoms. The van der Waals surface area contributed by atoms with E-state index in [1.54, 1.807) is 55.5 Å². The number of aliphatic hydroxyl groups excluding tert-OH is 1. The van der Waals surface area contributed by atoms with Gasteiger partial charge in [0.1, 0.15) is 11.5 Å². The molecule has 1 fully saturated rings. The molecule has 1 aliphatic heterocycles. The minimum atomic E-state index is -0.830. The van der Waals surface area contributed by atoms with Gasteiger partial charge in [0.15, 0.2) is 0 Å². The van der Waals surface area contributed by atoms with Gasteiger partial charge in [0.25, 0.3) is 11.7 Å². The highest BCUT2D eigenvalue weighted by molar-refractivity contribution is 6.51. The Labute approximate surface area is 222 Å². The minimum Gasteiger partial charge on any atom is -0.507 e. The van der Waals surface area contributed by atoms with Crippen molar-refractivity contribution in [1.82, 2.24) is 0 Å². The van der Waals surface area contributed by atoms with Gasteiger partial charge in [-0.25, -0.2) is 0 Å². The molecule has 7 heteroatoms. The maximum Gasteiger partial charge on any atom is 0.310 e. The van der Waals surface area contributed by atoms with E-state index in [1.165, 1.54) is 4.90 Å². The lowest BCUT2D eigenvalue weighted by Crippen LogP contribution is -2.29. The Morgan fingerprint density at radius 1 is 0.947 bits per heavy atom. The number of amides is 1. The third-order valence-electron chi connectivity index (χ3n) is 6.14. The molecule has 196 valence electrons. The molecular formula is C31H31NO6. The van der Waals surface area contributed by atoms with Crippen LogP contribution in [0.2, 0.25) is 0 Å². The van der Waals surface area contributed by atoms with Crippen LogP contribution in [0.5, 0.6) is 5.75 Å². The molecule has 3 aromatic rings. The zero-order chi connectivity index (χ0) is 27.2. The molecule has 1 N–H and O–H groups in total. The van der Waals surface area contributed by atoms with Gasteiger partial charge in [-0.15, -0.1) is 0 Å². The number of carbonyl (C=O) groups excluding carboxylic acids is 3. The van der Waals surface area contributed by atoms with E-state index >= 15 is 0 Å². The van der Waals surface area contributed by atoms with Gasteiger partial charge in [-0.05, 0) is 60.4 Å². The van der Waals surface area contributed by atoms with Gasteiger partial charge in [0.05, 0.1) is 31.2 Å². The average molecular weight is 514 g/mol. The Morgan fingerprint density at radius 2 is 1.61 bits per heavy atom. The third-order valence-corrected chi connectivity index (χ3v) is 6.14. The predicted octanol–water partition coefficient (Wildman–Crippen LogP) is 5.45. The van der Waals surface area contributed by atoms with Gasteiger partial charge < -0.3 is 14.6 Å². The van der Waals surface area contributed by atoms with Crippen LogP contribution in [0.4, 0.5) is 5.69 Å². The van der Waals surface area contributed by atoms with Crippen molar-refractivity contribution in [3.63, 3.8) is 0 Å². The first-order valence-corrected chi connectivity index (χ1v) is 12.6. The van der Waals surface area contributed by atoms with Crippen LogP contribution >= 0.6 is 0 Å². The molecule has 1 heterocycles. The van der Waals surface area contributed by atoms with E-state index in [0.29, 0.717) is 41.7 Å². The molecule has 1 saturated heterocycles. The Hall–Kier alpha value is -4.39. The molecule has 1 unspecified atom stereocenters. The number of anilines is 1. The van der Waals surface area contributed by atoms with Crippen molar-refractivity contribution in [3.8, 4) is 5.75 Å². The first-order valence-electron chi connectivity index (χ1n) is 12.6. The fraction of sp³-hybridized carbons (Fsp3) is 0.258. The number of hydrogen-bond donors (Lipinski definition) is 1. The van der Waals surface area contributed by atoms with Crippen molar-refractivity contribution in [1.29, 1.82) is 0 Å². The van der Waals surface area contributed by atoms with E-state index in [9.17, 15) is 19.5 Å². The van der Waals surface area contributed by atoms with Crippen LogP contribution in [-0.2, 0) is 25.5 Å². The van der Waals surface area contributed by atoms with Gasteiger partial charge in [0.2, 0.25) is 0 Å². The zero-order valence-electron chi connectivity index (χ0n) is 21.7. The van der Waals surface area contributed by atoms with Crippen molar-refractivity contribution in [2.45, 2.75) is 33.2 Å². The summed E-state index contributed by atoms with van der Waals surface area (Å²) in [5, 5.41) is 11.3. The lowest BCUT2D eigenvalue weighted by molar-refractivity contribution is -0.142. The lowest BCUT2D eigenvalue weighted by atomic mass is 9.95. The second kappa shape index (κ2) is 11.8. The summed E-state index contributed by atoms with van der Waals surface area (Å²) in [5.74, 6) is -1.09. The number of ether oxygens (including phenoxy) is 2. The molecule has 3 aromatic carbocycles. The zero-order valence-corrected chi connectivity index (χ0v) is 21.7. The number of nitrogens with zero attached hydrogens (tertiary/aromatic N) is 1. The van der Waals surface area contributed by atoms with Crippen LogP contribution < -0.4 is 9.64 Å². The van der Waals surface area contributed by atoms with E-state index in [4.69, 9.17) is 9.47 Å². The molecule has 0 aromatic heterocycles. The van der Waals surface area contributed by atoms with Gasteiger partial charge >= 0.3 is 5.97 Å². The number of benzene rings is 3. The summed E-state index contributed by atoms with van der Waals surface area (Å²) < 4.78 is 10.7. The monoisotopic (exact) mass is 513 g/mol. The molecule has 0 radical (unpaired) electrons. The van der Waals surface area contributed by atoms with Crippen LogP contribution in [0.1, 0.15) is 43.5 Å². The molecule has 0 spiro atoms. The van der Waals surface area contributed by atoms with Gasteiger partial charge in [-0.1, -0.05) is 56.3 Å². The summed E-state index contributed by atoms with van der Waals surface area (Å²) in [5.41, 5.74) is 2.30. The van der Waals surface area contributed by atoms with Crippen LogP contribution in [-0.4, -0.2) is 36.0 Å². The Bertz CT molecular complexity index is 1330. The second-order valence-electron chi connectivity index (χ2n) is 9.46. The maximum absolute atomic E-state index is 13.3. The second-order valence-corrected chi connectivity index (χ2v) is 9.46. The van der Waals surface area contributed by atoms with E-state index in [1.807, 2.05) is 30.3 Å². The van der Waals surface area contributed by atoms with Crippen LogP contribution in [0, 0.1) is 5.92 Å². The van der Waals surface area contributed by atoms with Gasteiger partial charge in [-0.2, -0.15) is 0 Å². The summed E-state index contributed by atoms with van der Waals surface area (Å²) >= 11 is 0. The molecule has 4 rings (SSSR count).